The van der Waals surface area contributed by atoms with E-state index in [2.05, 4.69) is 15.3 Å². The van der Waals surface area contributed by atoms with Crippen molar-refractivity contribution in [3.63, 3.8) is 0 Å². The number of H-pyrrole nitrogens is 1. The fourth-order valence-electron chi connectivity index (χ4n) is 3.60. The molecule has 1 aliphatic heterocycles. The van der Waals surface area contributed by atoms with Gasteiger partial charge in [-0.25, -0.2) is 9.18 Å². The quantitative estimate of drug-likeness (QED) is 0.606. The van der Waals surface area contributed by atoms with E-state index in [9.17, 15) is 9.18 Å². The van der Waals surface area contributed by atoms with Crippen LogP contribution >= 0.6 is 0 Å². The summed E-state index contributed by atoms with van der Waals surface area (Å²) in [5.74, 6) is -0.590. The van der Waals surface area contributed by atoms with E-state index in [-0.39, 0.29) is 11.7 Å². The number of methoxy groups -OCH3 is 1. The smallest absolute Gasteiger partial charge is 0.332 e. The highest BCUT2D eigenvalue weighted by Gasteiger charge is 2.22. The zero-order valence-corrected chi connectivity index (χ0v) is 16.7. The summed E-state index contributed by atoms with van der Waals surface area (Å²) < 4.78 is 24.7. The minimum absolute atomic E-state index is 0.174. The molecule has 1 atom stereocenters. The topological polar surface area (TPSA) is 76.2 Å². The maximum absolute atomic E-state index is 14.5. The summed E-state index contributed by atoms with van der Waals surface area (Å²) in [6.45, 7) is 2.09. The van der Waals surface area contributed by atoms with Crippen molar-refractivity contribution >= 4 is 16.9 Å². The van der Waals surface area contributed by atoms with Gasteiger partial charge in [0.25, 0.3) is 0 Å². The van der Waals surface area contributed by atoms with E-state index in [0.29, 0.717) is 13.0 Å². The van der Waals surface area contributed by atoms with E-state index in [1.54, 1.807) is 31.5 Å². The molecule has 3 heterocycles. The third kappa shape index (κ3) is 3.78. The van der Waals surface area contributed by atoms with E-state index >= 15 is 0 Å². The zero-order valence-electron chi connectivity index (χ0n) is 16.7. The number of hydrogen-bond acceptors (Lipinski definition) is 5. The van der Waals surface area contributed by atoms with Crippen LogP contribution in [-0.2, 0) is 16.0 Å². The lowest BCUT2D eigenvalue weighted by Gasteiger charge is -2.20. The summed E-state index contributed by atoms with van der Waals surface area (Å²) in [6, 6.07) is 6.37. The number of aromatic nitrogens is 2. The van der Waals surface area contributed by atoms with Gasteiger partial charge in [-0.15, -0.1) is 0 Å². The first-order valence-corrected chi connectivity index (χ1v) is 9.69. The minimum atomic E-state index is -0.547. The van der Waals surface area contributed by atoms with Gasteiger partial charge in [0.1, 0.15) is 6.04 Å². The molecule has 2 N–H and O–H groups in total. The Kier molecular flexibility index (Phi) is 5.52. The van der Waals surface area contributed by atoms with Crippen molar-refractivity contribution in [2.24, 2.45) is 0 Å². The number of rotatable bonds is 6. The second-order valence-corrected chi connectivity index (χ2v) is 6.88. The lowest BCUT2D eigenvalue weighted by molar-refractivity contribution is -0.144. The van der Waals surface area contributed by atoms with E-state index in [4.69, 9.17) is 9.47 Å². The molecule has 1 aromatic carbocycles. The first-order chi connectivity index (χ1) is 14.6. The molecule has 0 saturated carbocycles. The SMILES string of the molecule is CCOC(=O)C1C=CC=C(Cc2c(-c3cccnc3)[nH]c3cc(OC)c(F)cc23)N1. The Balaban J connectivity index is 1.75. The van der Waals surface area contributed by atoms with Gasteiger partial charge in [0.05, 0.1) is 24.9 Å². The van der Waals surface area contributed by atoms with Crippen LogP contribution in [0.2, 0.25) is 0 Å². The third-order valence-corrected chi connectivity index (χ3v) is 4.98. The van der Waals surface area contributed by atoms with Crippen LogP contribution in [0.4, 0.5) is 4.39 Å². The van der Waals surface area contributed by atoms with E-state index in [1.807, 2.05) is 24.3 Å². The fourth-order valence-corrected chi connectivity index (χ4v) is 3.60. The van der Waals surface area contributed by atoms with Crippen molar-refractivity contribution in [2.75, 3.05) is 13.7 Å². The molecule has 0 bridgehead atoms. The maximum Gasteiger partial charge on any atom is 0.332 e. The first kappa shape index (κ1) is 19.7. The number of pyridine rings is 1. The molecule has 6 nitrogen and oxygen atoms in total. The van der Waals surface area contributed by atoms with Crippen LogP contribution in [0.25, 0.3) is 22.2 Å². The van der Waals surface area contributed by atoms with Crippen LogP contribution in [0.5, 0.6) is 5.75 Å². The van der Waals surface area contributed by atoms with Gasteiger partial charge < -0.3 is 19.8 Å². The van der Waals surface area contributed by atoms with Crippen molar-refractivity contribution in [1.82, 2.24) is 15.3 Å². The molecule has 0 fully saturated rings. The fraction of sp³-hybridized carbons (Fsp3) is 0.217. The van der Waals surface area contributed by atoms with Gasteiger partial charge >= 0.3 is 5.97 Å². The van der Waals surface area contributed by atoms with Gasteiger partial charge in [0.15, 0.2) is 11.6 Å². The van der Waals surface area contributed by atoms with Crippen LogP contribution in [0.1, 0.15) is 12.5 Å². The van der Waals surface area contributed by atoms with Gasteiger partial charge in [-0.1, -0.05) is 12.2 Å². The largest absolute Gasteiger partial charge is 0.494 e. The summed E-state index contributed by atoms with van der Waals surface area (Å²) in [5, 5.41) is 3.96. The third-order valence-electron chi connectivity index (χ3n) is 4.98. The molecule has 0 radical (unpaired) electrons. The first-order valence-electron chi connectivity index (χ1n) is 9.69. The van der Waals surface area contributed by atoms with Crippen molar-refractivity contribution in [3.05, 3.63) is 72.0 Å². The van der Waals surface area contributed by atoms with Crippen molar-refractivity contribution in [3.8, 4) is 17.0 Å². The number of aromatic amines is 1. The maximum atomic E-state index is 14.5. The van der Waals surface area contributed by atoms with Gasteiger partial charge in [-0.05, 0) is 36.8 Å². The molecule has 4 rings (SSSR count). The second-order valence-electron chi connectivity index (χ2n) is 6.88. The highest BCUT2D eigenvalue weighted by atomic mass is 19.1. The standard InChI is InChI=1S/C23H22FN3O3/c1-3-30-23(28)19-8-4-7-15(26-19)10-17-16-11-18(24)21(29-2)12-20(16)27-22(17)14-6-5-9-25-13-14/h4-9,11-13,19,26-27H,3,10H2,1-2H3. The average Bonchev–Trinajstić information content (AvgIpc) is 3.11. The normalized spacial score (nSPS) is 15.6. The number of nitrogens with zero attached hydrogens (tertiary/aromatic N) is 1. The summed E-state index contributed by atoms with van der Waals surface area (Å²) >= 11 is 0. The van der Waals surface area contributed by atoms with Crippen LogP contribution in [0.3, 0.4) is 0 Å². The van der Waals surface area contributed by atoms with Crippen LogP contribution in [0.15, 0.2) is 60.6 Å². The van der Waals surface area contributed by atoms with Crippen molar-refractivity contribution < 1.29 is 18.7 Å². The molecule has 0 aliphatic carbocycles. The Morgan fingerprint density at radius 2 is 2.20 bits per heavy atom. The highest BCUT2D eigenvalue weighted by molar-refractivity contribution is 5.92. The highest BCUT2D eigenvalue weighted by Crippen LogP contribution is 2.35. The van der Waals surface area contributed by atoms with Gasteiger partial charge in [-0.3, -0.25) is 4.98 Å². The molecule has 3 aromatic rings. The Morgan fingerprint density at radius 3 is 2.93 bits per heavy atom. The van der Waals surface area contributed by atoms with Gasteiger partial charge in [0.2, 0.25) is 0 Å². The van der Waals surface area contributed by atoms with Gasteiger partial charge in [0, 0.05) is 41.5 Å². The number of fused-ring (bicyclic) bond motifs is 1. The van der Waals surface area contributed by atoms with Crippen molar-refractivity contribution in [2.45, 2.75) is 19.4 Å². The summed E-state index contributed by atoms with van der Waals surface area (Å²) in [4.78, 5) is 19.7. The zero-order chi connectivity index (χ0) is 21.1. The number of nitrogens with one attached hydrogen (secondary N) is 2. The molecule has 1 aliphatic rings. The number of dihydropyridines is 1. The van der Waals surface area contributed by atoms with Gasteiger partial charge in [-0.2, -0.15) is 0 Å². The number of benzene rings is 1. The summed E-state index contributed by atoms with van der Waals surface area (Å²) in [5.41, 5.74) is 4.22. The number of carbonyl (C=O) groups excluding carboxylic acids is 1. The van der Waals surface area contributed by atoms with E-state index in [1.165, 1.54) is 13.2 Å². The lowest BCUT2D eigenvalue weighted by Crippen LogP contribution is -2.37. The molecular weight excluding hydrogens is 385 g/mol. The average molecular weight is 407 g/mol. The molecule has 30 heavy (non-hydrogen) atoms. The molecule has 1 unspecified atom stereocenters. The van der Waals surface area contributed by atoms with Crippen LogP contribution < -0.4 is 10.1 Å². The van der Waals surface area contributed by atoms with Crippen LogP contribution in [0, 0.1) is 5.82 Å². The molecule has 2 aromatic heterocycles. The number of ether oxygens (including phenoxy) is 2. The predicted molar refractivity (Wildman–Crippen MR) is 113 cm³/mol. The summed E-state index contributed by atoms with van der Waals surface area (Å²) in [7, 11) is 1.44. The Labute approximate surface area is 173 Å². The number of esters is 1. The minimum Gasteiger partial charge on any atom is -0.494 e. The monoisotopic (exact) mass is 407 g/mol. The molecular formula is C23H22FN3O3. The number of carbonyl (C=O) groups is 1. The molecule has 154 valence electrons. The molecule has 0 spiro atoms. The Hall–Kier alpha value is -3.61. The molecule has 7 heteroatoms. The van der Waals surface area contributed by atoms with Crippen molar-refractivity contribution in [1.29, 1.82) is 0 Å². The molecule has 0 saturated heterocycles. The number of halogens is 1. The summed E-state index contributed by atoms with van der Waals surface area (Å²) in [6.07, 6.45) is 9.41. The van der Waals surface area contributed by atoms with E-state index in [0.717, 1.165) is 33.4 Å². The predicted octanol–water partition coefficient (Wildman–Crippen LogP) is 3.90. The Bertz CT molecular complexity index is 1140. The van der Waals surface area contributed by atoms with E-state index < -0.39 is 11.9 Å². The second kappa shape index (κ2) is 8.41. The molecule has 0 amide bonds. The van der Waals surface area contributed by atoms with Crippen LogP contribution in [-0.4, -0.2) is 35.7 Å². The lowest BCUT2D eigenvalue weighted by atomic mass is 10.00. The number of hydrogen-bond donors (Lipinski definition) is 2. The number of allylic oxidation sites excluding steroid dienone is 3. The Morgan fingerprint density at radius 1 is 1.33 bits per heavy atom.